The molecule has 1 fully saturated rings. The Labute approximate surface area is 107 Å². The maximum atomic E-state index is 12.1. The lowest BCUT2D eigenvalue weighted by Gasteiger charge is -2.31. The molecule has 0 saturated carbocycles. The van der Waals surface area contributed by atoms with Crippen LogP contribution in [0, 0.1) is 0 Å². The van der Waals surface area contributed by atoms with E-state index in [1.165, 1.54) is 5.56 Å². The molecule has 0 unspecified atom stereocenters. The van der Waals surface area contributed by atoms with Crippen molar-refractivity contribution in [1.29, 1.82) is 0 Å². The molecular formula is C13H19N3O2. The van der Waals surface area contributed by atoms with Crippen LogP contribution in [0.1, 0.15) is 5.56 Å². The lowest BCUT2D eigenvalue weighted by atomic mass is 10.2. The van der Waals surface area contributed by atoms with Gasteiger partial charge in [0, 0.05) is 39.1 Å². The zero-order chi connectivity index (χ0) is 12.8. The van der Waals surface area contributed by atoms with Gasteiger partial charge >= 0.3 is 6.03 Å². The highest BCUT2D eigenvalue weighted by Gasteiger charge is 2.19. The van der Waals surface area contributed by atoms with Crippen LogP contribution < -0.4 is 0 Å². The minimum Gasteiger partial charge on any atom is -0.378 e. The van der Waals surface area contributed by atoms with Gasteiger partial charge in [0.25, 0.3) is 0 Å². The number of carbonyl (C=O) groups is 1. The van der Waals surface area contributed by atoms with E-state index in [4.69, 9.17) is 4.74 Å². The number of aromatic nitrogens is 1. The number of hydrogen-bond donors (Lipinski definition) is 0. The SMILES string of the molecule is CN(CCc1ccncc1)C(=O)N1CCOCC1. The highest BCUT2D eigenvalue weighted by atomic mass is 16.5. The van der Waals surface area contributed by atoms with Crippen molar-refractivity contribution in [3.8, 4) is 0 Å². The van der Waals surface area contributed by atoms with E-state index in [0.717, 1.165) is 13.0 Å². The lowest BCUT2D eigenvalue weighted by Crippen LogP contribution is -2.47. The van der Waals surface area contributed by atoms with Gasteiger partial charge in [-0.1, -0.05) is 0 Å². The third-order valence-electron chi connectivity index (χ3n) is 3.09. The molecule has 1 aromatic heterocycles. The first-order valence-electron chi connectivity index (χ1n) is 6.24. The summed E-state index contributed by atoms with van der Waals surface area (Å²) in [7, 11) is 1.85. The maximum absolute atomic E-state index is 12.1. The maximum Gasteiger partial charge on any atom is 0.319 e. The molecule has 1 aliphatic heterocycles. The predicted molar refractivity (Wildman–Crippen MR) is 68.4 cm³/mol. The fraction of sp³-hybridized carbons (Fsp3) is 0.538. The molecule has 5 nitrogen and oxygen atoms in total. The second-order valence-corrected chi connectivity index (χ2v) is 4.41. The van der Waals surface area contributed by atoms with Crippen molar-refractivity contribution in [1.82, 2.24) is 14.8 Å². The van der Waals surface area contributed by atoms with Crippen LogP contribution in [-0.4, -0.2) is 60.7 Å². The van der Waals surface area contributed by atoms with Gasteiger partial charge in [0.05, 0.1) is 13.2 Å². The number of ether oxygens (including phenoxy) is 1. The van der Waals surface area contributed by atoms with E-state index < -0.39 is 0 Å². The zero-order valence-corrected chi connectivity index (χ0v) is 10.7. The van der Waals surface area contributed by atoms with Crippen LogP contribution in [0.5, 0.6) is 0 Å². The van der Waals surface area contributed by atoms with E-state index in [2.05, 4.69) is 4.98 Å². The second-order valence-electron chi connectivity index (χ2n) is 4.41. The van der Waals surface area contributed by atoms with Gasteiger partial charge in [-0.05, 0) is 24.1 Å². The number of urea groups is 1. The van der Waals surface area contributed by atoms with E-state index in [1.54, 1.807) is 17.3 Å². The minimum absolute atomic E-state index is 0.0901. The third kappa shape index (κ3) is 3.43. The van der Waals surface area contributed by atoms with Gasteiger partial charge in [0.1, 0.15) is 0 Å². The van der Waals surface area contributed by atoms with Crippen molar-refractivity contribution in [2.45, 2.75) is 6.42 Å². The van der Waals surface area contributed by atoms with Crippen LogP contribution in [0.15, 0.2) is 24.5 Å². The summed E-state index contributed by atoms with van der Waals surface area (Å²) >= 11 is 0. The van der Waals surface area contributed by atoms with E-state index in [0.29, 0.717) is 26.3 Å². The van der Waals surface area contributed by atoms with Gasteiger partial charge in [-0.2, -0.15) is 0 Å². The molecule has 2 heterocycles. The van der Waals surface area contributed by atoms with Crippen molar-refractivity contribution >= 4 is 6.03 Å². The van der Waals surface area contributed by atoms with Crippen LogP contribution in [0.2, 0.25) is 0 Å². The standard InChI is InChI=1S/C13H19N3O2/c1-15(7-4-12-2-5-14-6-3-12)13(17)16-8-10-18-11-9-16/h2-3,5-6H,4,7-11H2,1H3. The predicted octanol–water partition coefficient (Wildman–Crippen LogP) is 1.01. The number of hydrogen-bond acceptors (Lipinski definition) is 3. The Bertz CT molecular complexity index is 377. The molecule has 0 N–H and O–H groups in total. The fourth-order valence-corrected chi connectivity index (χ4v) is 1.94. The van der Waals surface area contributed by atoms with Gasteiger partial charge in [-0.15, -0.1) is 0 Å². The number of likely N-dealkylation sites (N-methyl/N-ethyl adjacent to an activating group) is 1. The minimum atomic E-state index is 0.0901. The molecule has 0 radical (unpaired) electrons. The van der Waals surface area contributed by atoms with Crippen LogP contribution in [0.3, 0.4) is 0 Å². The lowest BCUT2D eigenvalue weighted by molar-refractivity contribution is 0.0454. The smallest absolute Gasteiger partial charge is 0.319 e. The fourth-order valence-electron chi connectivity index (χ4n) is 1.94. The summed E-state index contributed by atoms with van der Waals surface area (Å²) in [5, 5.41) is 0. The van der Waals surface area contributed by atoms with Crippen LogP contribution >= 0.6 is 0 Å². The summed E-state index contributed by atoms with van der Waals surface area (Å²) in [5.74, 6) is 0. The first-order chi connectivity index (χ1) is 8.77. The van der Waals surface area contributed by atoms with Crippen LogP contribution in [0.4, 0.5) is 4.79 Å². The highest BCUT2D eigenvalue weighted by molar-refractivity contribution is 5.74. The molecule has 0 aliphatic carbocycles. The Hall–Kier alpha value is -1.62. The summed E-state index contributed by atoms with van der Waals surface area (Å²) in [6.07, 6.45) is 4.41. The first-order valence-corrected chi connectivity index (χ1v) is 6.24. The van der Waals surface area contributed by atoms with Crippen molar-refractivity contribution in [2.75, 3.05) is 39.9 Å². The second kappa shape index (κ2) is 6.35. The summed E-state index contributed by atoms with van der Waals surface area (Å²) in [6.45, 7) is 3.39. The number of amides is 2. The molecule has 1 saturated heterocycles. The summed E-state index contributed by atoms with van der Waals surface area (Å²) in [6, 6.07) is 4.05. The van der Waals surface area contributed by atoms with Crippen LogP contribution in [0.25, 0.3) is 0 Å². The quantitative estimate of drug-likeness (QED) is 0.803. The average molecular weight is 249 g/mol. The Balaban J connectivity index is 1.80. The topological polar surface area (TPSA) is 45.7 Å². The Kier molecular flexibility index (Phi) is 4.52. The van der Waals surface area contributed by atoms with Crippen molar-refractivity contribution in [3.05, 3.63) is 30.1 Å². The normalized spacial score (nSPS) is 15.5. The zero-order valence-electron chi connectivity index (χ0n) is 10.7. The number of morpholine rings is 1. The van der Waals surface area contributed by atoms with Crippen molar-refractivity contribution in [2.24, 2.45) is 0 Å². The largest absolute Gasteiger partial charge is 0.378 e. The van der Waals surface area contributed by atoms with E-state index in [1.807, 2.05) is 24.1 Å². The monoisotopic (exact) mass is 249 g/mol. The Morgan fingerprint density at radius 1 is 1.39 bits per heavy atom. The molecule has 1 aliphatic rings. The molecule has 0 atom stereocenters. The van der Waals surface area contributed by atoms with Gasteiger partial charge in [0.2, 0.25) is 0 Å². The van der Waals surface area contributed by atoms with Crippen molar-refractivity contribution < 1.29 is 9.53 Å². The van der Waals surface area contributed by atoms with Crippen LogP contribution in [-0.2, 0) is 11.2 Å². The van der Waals surface area contributed by atoms with Gasteiger partial charge in [-0.25, -0.2) is 4.79 Å². The molecule has 0 aromatic carbocycles. The molecule has 0 bridgehead atoms. The number of rotatable bonds is 3. The van der Waals surface area contributed by atoms with Gasteiger partial charge < -0.3 is 14.5 Å². The first kappa shape index (κ1) is 12.8. The molecular weight excluding hydrogens is 230 g/mol. The van der Waals surface area contributed by atoms with E-state index >= 15 is 0 Å². The molecule has 18 heavy (non-hydrogen) atoms. The summed E-state index contributed by atoms with van der Waals surface area (Å²) in [5.41, 5.74) is 1.20. The Morgan fingerprint density at radius 3 is 2.72 bits per heavy atom. The van der Waals surface area contributed by atoms with E-state index in [-0.39, 0.29) is 6.03 Å². The number of carbonyl (C=O) groups excluding carboxylic acids is 1. The summed E-state index contributed by atoms with van der Waals surface area (Å²) in [4.78, 5) is 19.7. The molecule has 2 amide bonds. The third-order valence-corrected chi connectivity index (χ3v) is 3.09. The van der Waals surface area contributed by atoms with Gasteiger partial charge in [-0.3, -0.25) is 4.98 Å². The Morgan fingerprint density at radius 2 is 2.06 bits per heavy atom. The summed E-state index contributed by atoms with van der Waals surface area (Å²) < 4.78 is 5.24. The molecule has 98 valence electrons. The average Bonchev–Trinajstić information content (AvgIpc) is 2.46. The number of nitrogens with zero attached hydrogens (tertiary/aromatic N) is 3. The molecule has 1 aromatic rings. The van der Waals surface area contributed by atoms with E-state index in [9.17, 15) is 4.79 Å². The van der Waals surface area contributed by atoms with Gasteiger partial charge in [0.15, 0.2) is 0 Å². The van der Waals surface area contributed by atoms with Crippen molar-refractivity contribution in [3.63, 3.8) is 0 Å². The molecule has 0 spiro atoms. The molecule has 2 rings (SSSR count). The number of pyridine rings is 1. The molecule has 5 heteroatoms. The highest BCUT2D eigenvalue weighted by Crippen LogP contribution is 2.04.